The van der Waals surface area contributed by atoms with Gasteiger partial charge in [-0.05, 0) is 51.5 Å². The summed E-state index contributed by atoms with van der Waals surface area (Å²) < 4.78 is 11.3. The van der Waals surface area contributed by atoms with Crippen molar-refractivity contribution in [3.63, 3.8) is 0 Å². The van der Waals surface area contributed by atoms with E-state index in [1.807, 2.05) is 57.2 Å². The third-order valence-corrected chi connectivity index (χ3v) is 3.69. The van der Waals surface area contributed by atoms with Gasteiger partial charge in [0.2, 0.25) is 0 Å². The second kappa shape index (κ2) is 8.39. The standard InChI is InChI=1S/C20H25NO3/c1-14-5-8-18(9-6-14)24-17(4)20(22)21-11-12-23-19-10-7-15(2)13-16(19)3/h5-10,13,17H,11-12H2,1-4H3,(H,21,22)/t17-/m1/s1. The first-order valence-corrected chi connectivity index (χ1v) is 8.17. The van der Waals surface area contributed by atoms with E-state index in [1.54, 1.807) is 6.92 Å². The van der Waals surface area contributed by atoms with Crippen LogP contribution in [-0.2, 0) is 4.79 Å². The molecule has 0 saturated carbocycles. The number of rotatable bonds is 7. The predicted molar refractivity (Wildman–Crippen MR) is 95.7 cm³/mol. The molecule has 0 heterocycles. The molecule has 1 atom stereocenters. The quantitative estimate of drug-likeness (QED) is 0.791. The number of carbonyl (C=O) groups is 1. The van der Waals surface area contributed by atoms with Crippen molar-refractivity contribution in [1.29, 1.82) is 0 Å². The van der Waals surface area contributed by atoms with Crippen LogP contribution in [-0.4, -0.2) is 25.2 Å². The van der Waals surface area contributed by atoms with Crippen molar-refractivity contribution in [3.8, 4) is 11.5 Å². The summed E-state index contributed by atoms with van der Waals surface area (Å²) in [6.45, 7) is 8.67. The molecule has 0 aliphatic carbocycles. The Bertz CT molecular complexity index is 680. The van der Waals surface area contributed by atoms with Crippen molar-refractivity contribution in [1.82, 2.24) is 5.32 Å². The van der Waals surface area contributed by atoms with E-state index in [0.29, 0.717) is 18.9 Å². The predicted octanol–water partition coefficient (Wildman–Crippen LogP) is 3.57. The first kappa shape index (κ1) is 17.9. The molecule has 0 aliphatic rings. The maximum Gasteiger partial charge on any atom is 0.260 e. The van der Waals surface area contributed by atoms with Gasteiger partial charge in [0.25, 0.3) is 5.91 Å². The van der Waals surface area contributed by atoms with Crippen LogP contribution in [0.3, 0.4) is 0 Å². The van der Waals surface area contributed by atoms with Crippen LogP contribution in [0.5, 0.6) is 11.5 Å². The summed E-state index contributed by atoms with van der Waals surface area (Å²) in [4.78, 5) is 12.0. The highest BCUT2D eigenvalue weighted by molar-refractivity contribution is 5.80. The zero-order valence-corrected chi connectivity index (χ0v) is 14.8. The van der Waals surface area contributed by atoms with Crippen LogP contribution in [0.4, 0.5) is 0 Å². The van der Waals surface area contributed by atoms with Crippen molar-refractivity contribution < 1.29 is 14.3 Å². The zero-order chi connectivity index (χ0) is 17.5. The van der Waals surface area contributed by atoms with Crippen LogP contribution in [0.15, 0.2) is 42.5 Å². The first-order chi connectivity index (χ1) is 11.5. The van der Waals surface area contributed by atoms with Gasteiger partial charge in [0, 0.05) is 0 Å². The van der Waals surface area contributed by atoms with Gasteiger partial charge in [-0.15, -0.1) is 0 Å². The maximum atomic E-state index is 12.0. The molecular weight excluding hydrogens is 302 g/mol. The molecule has 1 amide bonds. The topological polar surface area (TPSA) is 47.6 Å². The molecule has 0 aromatic heterocycles. The molecule has 0 saturated heterocycles. The van der Waals surface area contributed by atoms with Crippen molar-refractivity contribution in [2.24, 2.45) is 0 Å². The summed E-state index contributed by atoms with van der Waals surface area (Å²) in [6, 6.07) is 13.7. The van der Waals surface area contributed by atoms with Gasteiger partial charge in [-0.25, -0.2) is 0 Å². The average Bonchev–Trinajstić information content (AvgIpc) is 2.55. The molecule has 1 N–H and O–H groups in total. The molecule has 0 aliphatic heterocycles. The number of ether oxygens (including phenoxy) is 2. The van der Waals surface area contributed by atoms with E-state index in [2.05, 4.69) is 11.4 Å². The molecule has 2 aromatic rings. The van der Waals surface area contributed by atoms with Gasteiger partial charge in [0.15, 0.2) is 6.10 Å². The van der Waals surface area contributed by atoms with Crippen LogP contribution < -0.4 is 14.8 Å². The number of carbonyl (C=O) groups excluding carboxylic acids is 1. The normalized spacial score (nSPS) is 11.7. The van der Waals surface area contributed by atoms with E-state index < -0.39 is 6.10 Å². The van der Waals surface area contributed by atoms with Crippen molar-refractivity contribution in [2.45, 2.75) is 33.8 Å². The van der Waals surface area contributed by atoms with Crippen molar-refractivity contribution >= 4 is 5.91 Å². The maximum absolute atomic E-state index is 12.0. The Morgan fingerprint density at radius 1 is 1.04 bits per heavy atom. The van der Waals surface area contributed by atoms with Gasteiger partial charge in [-0.1, -0.05) is 35.4 Å². The third-order valence-electron chi connectivity index (χ3n) is 3.69. The second-order valence-electron chi connectivity index (χ2n) is 5.98. The number of benzene rings is 2. The lowest BCUT2D eigenvalue weighted by Crippen LogP contribution is -2.38. The summed E-state index contributed by atoms with van der Waals surface area (Å²) in [7, 11) is 0. The largest absolute Gasteiger partial charge is 0.491 e. The summed E-state index contributed by atoms with van der Waals surface area (Å²) >= 11 is 0. The highest BCUT2D eigenvalue weighted by atomic mass is 16.5. The Morgan fingerprint density at radius 2 is 1.71 bits per heavy atom. The SMILES string of the molecule is Cc1ccc(O[C@H](C)C(=O)NCCOc2ccc(C)cc2C)cc1. The van der Waals surface area contributed by atoms with Crippen molar-refractivity contribution in [3.05, 3.63) is 59.2 Å². The lowest BCUT2D eigenvalue weighted by Gasteiger charge is -2.15. The van der Waals surface area contributed by atoms with E-state index in [1.165, 1.54) is 5.56 Å². The molecule has 2 rings (SSSR count). The first-order valence-electron chi connectivity index (χ1n) is 8.17. The summed E-state index contributed by atoms with van der Waals surface area (Å²) in [5.74, 6) is 1.38. The lowest BCUT2D eigenvalue weighted by molar-refractivity contribution is -0.127. The molecule has 0 bridgehead atoms. The lowest BCUT2D eigenvalue weighted by atomic mass is 10.1. The Balaban J connectivity index is 1.73. The molecule has 0 fully saturated rings. The van der Waals surface area contributed by atoms with Gasteiger partial charge in [0.1, 0.15) is 18.1 Å². The second-order valence-corrected chi connectivity index (χ2v) is 5.98. The molecule has 4 nitrogen and oxygen atoms in total. The van der Waals surface area contributed by atoms with Gasteiger partial charge < -0.3 is 14.8 Å². The fourth-order valence-corrected chi connectivity index (χ4v) is 2.31. The van der Waals surface area contributed by atoms with E-state index >= 15 is 0 Å². The van der Waals surface area contributed by atoms with Crippen LogP contribution in [0.2, 0.25) is 0 Å². The van der Waals surface area contributed by atoms with Gasteiger partial charge >= 0.3 is 0 Å². The summed E-state index contributed by atoms with van der Waals surface area (Å²) in [6.07, 6.45) is -0.547. The van der Waals surface area contributed by atoms with E-state index in [0.717, 1.165) is 16.9 Å². The fraction of sp³-hybridized carbons (Fsp3) is 0.350. The molecular formula is C20H25NO3. The van der Waals surface area contributed by atoms with Crippen LogP contribution in [0.1, 0.15) is 23.6 Å². The number of nitrogens with one attached hydrogen (secondary N) is 1. The molecule has 2 aromatic carbocycles. The Hall–Kier alpha value is -2.49. The molecule has 4 heteroatoms. The summed E-state index contributed by atoms with van der Waals surface area (Å²) in [5.41, 5.74) is 3.45. The number of aryl methyl sites for hydroxylation is 3. The van der Waals surface area contributed by atoms with Crippen LogP contribution in [0.25, 0.3) is 0 Å². The Morgan fingerprint density at radius 3 is 2.38 bits per heavy atom. The van der Waals surface area contributed by atoms with E-state index in [-0.39, 0.29) is 5.91 Å². The minimum absolute atomic E-state index is 0.153. The average molecular weight is 327 g/mol. The van der Waals surface area contributed by atoms with Crippen LogP contribution >= 0.6 is 0 Å². The molecule has 0 radical (unpaired) electrons. The van der Waals surface area contributed by atoms with Gasteiger partial charge in [0.05, 0.1) is 6.54 Å². The molecule has 0 unspecified atom stereocenters. The van der Waals surface area contributed by atoms with Gasteiger partial charge in [-0.2, -0.15) is 0 Å². The highest BCUT2D eigenvalue weighted by Gasteiger charge is 2.14. The van der Waals surface area contributed by atoms with E-state index in [9.17, 15) is 4.79 Å². The molecule has 0 spiro atoms. The molecule has 24 heavy (non-hydrogen) atoms. The fourth-order valence-electron chi connectivity index (χ4n) is 2.31. The van der Waals surface area contributed by atoms with Crippen LogP contribution in [0, 0.1) is 20.8 Å². The third kappa shape index (κ3) is 5.30. The number of hydrogen-bond donors (Lipinski definition) is 1. The smallest absolute Gasteiger partial charge is 0.260 e. The zero-order valence-electron chi connectivity index (χ0n) is 14.8. The number of hydrogen-bond acceptors (Lipinski definition) is 3. The highest BCUT2D eigenvalue weighted by Crippen LogP contribution is 2.18. The Labute approximate surface area is 143 Å². The molecule has 128 valence electrons. The Kier molecular flexibility index (Phi) is 6.24. The van der Waals surface area contributed by atoms with E-state index in [4.69, 9.17) is 9.47 Å². The van der Waals surface area contributed by atoms with Gasteiger partial charge in [-0.3, -0.25) is 4.79 Å². The van der Waals surface area contributed by atoms with Crippen molar-refractivity contribution in [2.75, 3.05) is 13.2 Å². The number of amides is 1. The minimum Gasteiger partial charge on any atom is -0.491 e. The monoisotopic (exact) mass is 327 g/mol. The summed E-state index contributed by atoms with van der Waals surface area (Å²) in [5, 5.41) is 2.83. The minimum atomic E-state index is -0.547.